The number of hydrogen-bond donors (Lipinski definition) is 0. The SMILES string of the molecule is C1=CCCC(C2C=CC=C(N3C4C=CC=CC4[C@H]4CC([C@H]5CC[C@H]6C7CCCCC7N([C@H]7C=C(C8=CCCCC8)C[C@@H](C8CC=NCC8)C7)C6C5)C=CC43)C2)=C1. The standard InChI is InChI=1S/C53H69N3/c1-3-12-36(13-4-1)39-16-11-17-44(31-39)55-51-21-10-8-19-47(51)49-34-40(23-25-52(49)55)41-22-24-48-46-18-7-9-20-50(46)56(53(48)35-41)45-32-42(37-14-5-2-6-15-37)30-43(33-45)38-26-28-54-29-27-38/h1,3,8,10-12,14,16-17,19,21,23,25,28,32,38-41,43,45-53H,2,4-7,9,13,15,18,20,22,24,26-27,29-31,33-35H2/t38?,39?,40?,41-,43+,45-,46?,47?,48-,49+,50?,51?,52?,53?/m0/s1. The summed E-state index contributed by atoms with van der Waals surface area (Å²) in [5.41, 5.74) is 6.71. The van der Waals surface area contributed by atoms with Crippen molar-refractivity contribution in [2.45, 2.75) is 152 Å². The minimum absolute atomic E-state index is 0.496. The molecule has 0 aromatic rings. The second-order valence-electron chi connectivity index (χ2n) is 20.3. The van der Waals surface area contributed by atoms with Crippen molar-refractivity contribution in [2.75, 3.05) is 6.54 Å². The van der Waals surface area contributed by atoms with Gasteiger partial charge in [0.15, 0.2) is 0 Å². The van der Waals surface area contributed by atoms with Crippen LogP contribution in [0.2, 0.25) is 0 Å². The summed E-state index contributed by atoms with van der Waals surface area (Å²) in [4.78, 5) is 10.9. The maximum absolute atomic E-state index is 4.69. The fourth-order valence-electron chi connectivity index (χ4n) is 15.1. The molecule has 9 unspecified atom stereocenters. The van der Waals surface area contributed by atoms with E-state index >= 15 is 0 Å². The second-order valence-corrected chi connectivity index (χ2v) is 20.3. The van der Waals surface area contributed by atoms with Gasteiger partial charge in [-0.3, -0.25) is 9.89 Å². The van der Waals surface area contributed by atoms with Crippen molar-refractivity contribution in [3.8, 4) is 0 Å². The van der Waals surface area contributed by atoms with Crippen LogP contribution in [0.25, 0.3) is 0 Å². The van der Waals surface area contributed by atoms with Gasteiger partial charge in [0.25, 0.3) is 0 Å². The summed E-state index contributed by atoms with van der Waals surface area (Å²) in [7, 11) is 0. The lowest BCUT2D eigenvalue weighted by Crippen LogP contribution is -2.49. The lowest BCUT2D eigenvalue weighted by Gasteiger charge is -2.46. The Morgan fingerprint density at radius 3 is 2.46 bits per heavy atom. The number of allylic oxidation sites excluding steroid dienone is 14. The van der Waals surface area contributed by atoms with Crippen LogP contribution < -0.4 is 0 Å². The molecule has 11 rings (SSSR count). The first-order valence-corrected chi connectivity index (χ1v) is 24.0. The number of rotatable bonds is 6. The van der Waals surface area contributed by atoms with E-state index in [-0.39, 0.29) is 0 Å². The van der Waals surface area contributed by atoms with E-state index in [1.54, 1.807) is 22.4 Å². The van der Waals surface area contributed by atoms with E-state index in [2.05, 4.69) is 101 Å². The molecule has 14 atom stereocenters. The number of aliphatic imine (C=N–C) groups is 1. The highest BCUT2D eigenvalue weighted by Crippen LogP contribution is 2.56. The Morgan fingerprint density at radius 2 is 1.57 bits per heavy atom. The second kappa shape index (κ2) is 15.7. The van der Waals surface area contributed by atoms with Crippen molar-refractivity contribution in [1.82, 2.24) is 9.80 Å². The average Bonchev–Trinajstić information content (AvgIpc) is 3.79. The summed E-state index contributed by atoms with van der Waals surface area (Å²) < 4.78 is 0. The van der Waals surface area contributed by atoms with Gasteiger partial charge in [0, 0.05) is 42.2 Å². The molecule has 8 aliphatic carbocycles. The van der Waals surface area contributed by atoms with Gasteiger partial charge in [-0.2, -0.15) is 0 Å². The molecule has 56 heavy (non-hydrogen) atoms. The molecule has 3 nitrogen and oxygen atoms in total. The van der Waals surface area contributed by atoms with Crippen molar-refractivity contribution in [1.29, 1.82) is 0 Å². The topological polar surface area (TPSA) is 18.8 Å². The molecule has 4 fully saturated rings. The minimum Gasteiger partial charge on any atom is -0.361 e. The smallest absolute Gasteiger partial charge is 0.0545 e. The number of nitrogens with zero attached hydrogens (tertiary/aromatic N) is 3. The van der Waals surface area contributed by atoms with Crippen LogP contribution in [-0.2, 0) is 0 Å². The Morgan fingerprint density at radius 1 is 0.625 bits per heavy atom. The zero-order chi connectivity index (χ0) is 37.0. The fourth-order valence-corrected chi connectivity index (χ4v) is 15.1. The monoisotopic (exact) mass is 748 g/mol. The lowest BCUT2D eigenvalue weighted by molar-refractivity contribution is 0.0603. The molecule has 11 aliphatic rings. The van der Waals surface area contributed by atoms with Crippen molar-refractivity contribution in [3.05, 3.63) is 107 Å². The Hall–Kier alpha value is -2.91. The summed E-state index contributed by atoms with van der Waals surface area (Å²) in [5.74, 6) is 6.98. The van der Waals surface area contributed by atoms with Gasteiger partial charge in [-0.25, -0.2) is 0 Å². The lowest BCUT2D eigenvalue weighted by atomic mass is 9.65. The predicted octanol–water partition coefficient (Wildman–Crippen LogP) is 12.1. The fraction of sp³-hybridized carbons (Fsp3) is 0.642. The third-order valence-corrected chi connectivity index (χ3v) is 17.7. The summed E-state index contributed by atoms with van der Waals surface area (Å²) >= 11 is 0. The highest BCUT2D eigenvalue weighted by Gasteiger charge is 2.55. The minimum atomic E-state index is 0.496. The maximum atomic E-state index is 4.69. The van der Waals surface area contributed by atoms with Gasteiger partial charge >= 0.3 is 0 Å². The number of hydrogen-bond acceptors (Lipinski definition) is 3. The molecular weight excluding hydrogens is 679 g/mol. The molecule has 0 aromatic heterocycles. The van der Waals surface area contributed by atoms with Gasteiger partial charge in [0.2, 0.25) is 0 Å². The number of likely N-dealkylation sites (tertiary alicyclic amines) is 2. The number of fused-ring (bicyclic) bond motifs is 6. The van der Waals surface area contributed by atoms with Crippen LogP contribution in [0.3, 0.4) is 0 Å². The van der Waals surface area contributed by atoms with Crippen LogP contribution in [0.15, 0.2) is 112 Å². The van der Waals surface area contributed by atoms with Crippen LogP contribution in [0.1, 0.15) is 122 Å². The highest BCUT2D eigenvalue weighted by atomic mass is 15.3. The van der Waals surface area contributed by atoms with Gasteiger partial charge in [0.05, 0.1) is 12.1 Å². The van der Waals surface area contributed by atoms with Gasteiger partial charge < -0.3 is 4.90 Å². The zero-order valence-corrected chi connectivity index (χ0v) is 34.2. The van der Waals surface area contributed by atoms with E-state index in [1.165, 1.54) is 116 Å². The molecule has 0 radical (unpaired) electrons. The van der Waals surface area contributed by atoms with Crippen molar-refractivity contribution in [3.63, 3.8) is 0 Å². The highest BCUT2D eigenvalue weighted by molar-refractivity contribution is 5.58. The van der Waals surface area contributed by atoms with Crippen molar-refractivity contribution < 1.29 is 0 Å². The van der Waals surface area contributed by atoms with E-state index in [9.17, 15) is 0 Å². The molecule has 3 heterocycles. The first-order chi connectivity index (χ1) is 27.8. The van der Waals surface area contributed by atoms with E-state index in [1.807, 2.05) is 0 Å². The van der Waals surface area contributed by atoms with Crippen LogP contribution in [-0.4, -0.2) is 52.8 Å². The third kappa shape index (κ3) is 6.63. The molecule has 0 bridgehead atoms. The average molecular weight is 748 g/mol. The summed E-state index contributed by atoms with van der Waals surface area (Å²) in [6.45, 7) is 1.06. The van der Waals surface area contributed by atoms with Crippen LogP contribution in [0.5, 0.6) is 0 Å². The first-order valence-electron chi connectivity index (χ1n) is 24.0. The Bertz CT molecular complexity index is 1790. The Kier molecular flexibility index (Phi) is 10.1. The third-order valence-electron chi connectivity index (χ3n) is 17.7. The van der Waals surface area contributed by atoms with E-state index in [4.69, 9.17) is 4.99 Å². The Balaban J connectivity index is 0.861. The van der Waals surface area contributed by atoms with E-state index in [0.717, 1.165) is 60.6 Å². The van der Waals surface area contributed by atoms with Crippen LogP contribution in [0, 0.1) is 53.3 Å². The maximum Gasteiger partial charge on any atom is 0.0545 e. The van der Waals surface area contributed by atoms with E-state index < -0.39 is 0 Å². The summed E-state index contributed by atoms with van der Waals surface area (Å²) in [6, 6.07) is 3.27. The molecule has 2 saturated carbocycles. The molecule has 296 valence electrons. The van der Waals surface area contributed by atoms with E-state index in [0.29, 0.717) is 35.9 Å². The zero-order valence-electron chi connectivity index (χ0n) is 34.2. The molecule has 3 aliphatic heterocycles. The summed E-state index contributed by atoms with van der Waals surface area (Å²) in [6.07, 6.45) is 63.5. The molecule has 2 saturated heterocycles. The quantitative estimate of drug-likeness (QED) is 0.252. The van der Waals surface area contributed by atoms with Crippen molar-refractivity contribution >= 4 is 6.21 Å². The Labute approximate surface area is 339 Å². The van der Waals surface area contributed by atoms with Gasteiger partial charge in [0.1, 0.15) is 0 Å². The molecule has 0 aromatic carbocycles. The molecule has 3 heteroatoms. The predicted molar refractivity (Wildman–Crippen MR) is 233 cm³/mol. The molecule has 0 amide bonds. The first kappa shape index (κ1) is 36.2. The normalized spacial score (nSPS) is 44.3. The van der Waals surface area contributed by atoms with Gasteiger partial charge in [-0.15, -0.1) is 0 Å². The largest absolute Gasteiger partial charge is 0.361 e. The summed E-state index contributed by atoms with van der Waals surface area (Å²) in [5, 5.41) is 0. The molecule has 0 spiro atoms. The van der Waals surface area contributed by atoms with Crippen LogP contribution >= 0.6 is 0 Å². The van der Waals surface area contributed by atoms with Crippen LogP contribution in [0.4, 0.5) is 0 Å². The van der Waals surface area contributed by atoms with Gasteiger partial charge in [-0.05, 0) is 174 Å². The molecule has 0 N–H and O–H groups in total. The molecular formula is C53H69N3. The van der Waals surface area contributed by atoms with Gasteiger partial charge in [-0.1, -0.05) is 97.4 Å². The van der Waals surface area contributed by atoms with Crippen molar-refractivity contribution in [2.24, 2.45) is 58.3 Å².